The molecule has 0 unspecified atom stereocenters. The number of aryl methyl sites for hydroxylation is 1. The molecule has 1 aromatic heterocycles. The highest BCUT2D eigenvalue weighted by molar-refractivity contribution is 5.87. The molecule has 0 spiro atoms. The number of amides is 1. The summed E-state index contributed by atoms with van der Waals surface area (Å²) in [4.78, 5) is 26.8. The van der Waals surface area contributed by atoms with Crippen LogP contribution in [0.3, 0.4) is 0 Å². The Morgan fingerprint density at radius 3 is 2.26 bits per heavy atom. The van der Waals surface area contributed by atoms with Crippen LogP contribution in [0.25, 0.3) is 22.5 Å². The van der Waals surface area contributed by atoms with Gasteiger partial charge in [0.15, 0.2) is 5.76 Å². The zero-order valence-electron chi connectivity index (χ0n) is 22.1. The van der Waals surface area contributed by atoms with Crippen LogP contribution in [0, 0.1) is 6.92 Å². The lowest BCUT2D eigenvalue weighted by atomic mass is 9.93. The molecule has 1 amide bonds. The summed E-state index contributed by atoms with van der Waals surface area (Å²) in [6.07, 6.45) is 1.32. The molecule has 39 heavy (non-hydrogen) atoms. The zero-order chi connectivity index (χ0) is 27.0. The smallest absolute Gasteiger partial charge is 0.410 e. The van der Waals surface area contributed by atoms with Crippen LogP contribution < -0.4 is 0 Å². The largest absolute Gasteiger partial charge is 0.465 e. The van der Waals surface area contributed by atoms with Gasteiger partial charge in [0.25, 0.3) is 0 Å². The molecule has 1 saturated heterocycles. The van der Waals surface area contributed by atoms with Crippen LogP contribution in [-0.4, -0.2) is 35.3 Å². The molecule has 1 saturated carbocycles. The van der Waals surface area contributed by atoms with Crippen LogP contribution in [0.4, 0.5) is 4.79 Å². The molecule has 4 aromatic rings. The van der Waals surface area contributed by atoms with E-state index in [0.29, 0.717) is 25.5 Å². The fourth-order valence-corrected chi connectivity index (χ4v) is 5.35. The maximum Gasteiger partial charge on any atom is 0.410 e. The zero-order valence-corrected chi connectivity index (χ0v) is 22.1. The molecular formula is C32H30N2O5. The lowest BCUT2D eigenvalue weighted by Crippen LogP contribution is -2.27. The van der Waals surface area contributed by atoms with E-state index in [9.17, 15) is 9.59 Å². The standard InChI is InChI=1S/C32H30N2O5/c1-3-37-30(35)32(17-18-32)26-15-13-23(14-16-26)22-9-11-25(12-10-22)29-27(21(2)33-39-29)19-34-28(20-38-31(34)36)24-7-5-4-6-8-24/h4-16,28H,3,17-20H2,1-2H3/t28-/m1/s1. The number of ether oxygens (including phenoxy) is 2. The number of benzene rings is 3. The Kier molecular flexibility index (Phi) is 6.43. The van der Waals surface area contributed by atoms with E-state index in [4.69, 9.17) is 14.0 Å². The maximum absolute atomic E-state index is 12.6. The lowest BCUT2D eigenvalue weighted by Gasteiger charge is -2.21. The summed E-state index contributed by atoms with van der Waals surface area (Å²) in [5.74, 6) is 0.517. The number of carbonyl (C=O) groups is 2. The summed E-state index contributed by atoms with van der Waals surface area (Å²) in [5, 5.41) is 4.21. The summed E-state index contributed by atoms with van der Waals surface area (Å²) >= 11 is 0. The number of nitrogens with zero attached hydrogens (tertiary/aromatic N) is 2. The van der Waals surface area contributed by atoms with Crippen molar-refractivity contribution in [3.8, 4) is 22.5 Å². The van der Waals surface area contributed by atoms with Crippen LogP contribution >= 0.6 is 0 Å². The van der Waals surface area contributed by atoms with E-state index in [1.165, 1.54) is 0 Å². The van der Waals surface area contributed by atoms with Crippen molar-refractivity contribution < 1.29 is 23.6 Å². The van der Waals surface area contributed by atoms with E-state index in [2.05, 4.69) is 17.3 Å². The van der Waals surface area contributed by atoms with Gasteiger partial charge in [-0.3, -0.25) is 9.69 Å². The van der Waals surface area contributed by atoms with Crippen molar-refractivity contribution in [2.75, 3.05) is 13.2 Å². The average Bonchev–Trinajstić information content (AvgIpc) is 3.60. The van der Waals surface area contributed by atoms with E-state index in [0.717, 1.165) is 51.9 Å². The third-order valence-electron chi connectivity index (χ3n) is 7.81. The minimum absolute atomic E-state index is 0.127. The topological polar surface area (TPSA) is 81.9 Å². The Labute approximate surface area is 227 Å². The molecule has 0 bridgehead atoms. The fourth-order valence-electron chi connectivity index (χ4n) is 5.35. The van der Waals surface area contributed by atoms with E-state index in [1.54, 1.807) is 4.90 Å². The second-order valence-electron chi connectivity index (χ2n) is 10.2. The van der Waals surface area contributed by atoms with Crippen molar-refractivity contribution in [3.05, 3.63) is 101 Å². The van der Waals surface area contributed by atoms with Crippen molar-refractivity contribution in [3.63, 3.8) is 0 Å². The molecule has 1 atom stereocenters. The number of hydrogen-bond acceptors (Lipinski definition) is 6. The van der Waals surface area contributed by atoms with E-state index in [-0.39, 0.29) is 18.1 Å². The number of cyclic esters (lactones) is 1. The SMILES string of the molecule is CCOC(=O)C1(c2ccc(-c3ccc(-c4onc(C)c4CN4C(=O)OC[C@@H]4c4ccccc4)cc3)cc2)CC1. The van der Waals surface area contributed by atoms with Crippen molar-refractivity contribution >= 4 is 12.1 Å². The molecular weight excluding hydrogens is 492 g/mol. The van der Waals surface area contributed by atoms with Gasteiger partial charge >= 0.3 is 12.1 Å². The summed E-state index contributed by atoms with van der Waals surface area (Å²) in [7, 11) is 0. The number of rotatable bonds is 8. The lowest BCUT2D eigenvalue weighted by molar-refractivity contribution is -0.146. The Morgan fingerprint density at radius 1 is 0.974 bits per heavy atom. The quantitative estimate of drug-likeness (QED) is 0.242. The first kappa shape index (κ1) is 24.9. The summed E-state index contributed by atoms with van der Waals surface area (Å²) in [6.45, 7) is 4.78. The molecule has 2 aliphatic rings. The predicted molar refractivity (Wildman–Crippen MR) is 146 cm³/mol. The minimum atomic E-state index is -0.472. The first-order chi connectivity index (χ1) is 19.0. The molecule has 0 N–H and O–H groups in total. The van der Waals surface area contributed by atoms with Crippen LogP contribution in [0.5, 0.6) is 0 Å². The van der Waals surface area contributed by atoms with Crippen molar-refractivity contribution in [1.29, 1.82) is 0 Å². The van der Waals surface area contributed by atoms with E-state index in [1.807, 2.05) is 80.6 Å². The predicted octanol–water partition coefficient (Wildman–Crippen LogP) is 6.61. The number of esters is 1. The highest BCUT2D eigenvalue weighted by Gasteiger charge is 2.52. The molecule has 198 valence electrons. The Morgan fingerprint density at radius 2 is 1.62 bits per heavy atom. The molecule has 7 heteroatoms. The van der Waals surface area contributed by atoms with Crippen molar-refractivity contribution in [2.24, 2.45) is 0 Å². The maximum atomic E-state index is 12.6. The molecule has 3 aromatic carbocycles. The summed E-state index contributed by atoms with van der Waals surface area (Å²) < 4.78 is 16.4. The number of aromatic nitrogens is 1. The molecule has 6 rings (SSSR count). The van der Waals surface area contributed by atoms with Crippen molar-refractivity contribution in [2.45, 2.75) is 44.7 Å². The molecule has 0 radical (unpaired) electrons. The van der Waals surface area contributed by atoms with Crippen LogP contribution in [0.1, 0.15) is 48.2 Å². The van der Waals surface area contributed by atoms with E-state index < -0.39 is 5.41 Å². The summed E-state index contributed by atoms with van der Waals surface area (Å²) in [5.41, 5.74) is 6.17. The average molecular weight is 523 g/mol. The normalized spacial score (nSPS) is 17.6. The van der Waals surface area contributed by atoms with Gasteiger partial charge in [0.1, 0.15) is 6.61 Å². The van der Waals surface area contributed by atoms with Gasteiger partial charge in [-0.1, -0.05) is 84.0 Å². The van der Waals surface area contributed by atoms with Gasteiger partial charge in [-0.15, -0.1) is 0 Å². The monoisotopic (exact) mass is 522 g/mol. The van der Waals surface area contributed by atoms with Gasteiger partial charge in [-0.05, 0) is 48.9 Å². The highest BCUT2D eigenvalue weighted by atomic mass is 16.6. The molecule has 1 aliphatic carbocycles. The van der Waals surface area contributed by atoms with Gasteiger partial charge < -0.3 is 14.0 Å². The van der Waals surface area contributed by atoms with Gasteiger partial charge in [0, 0.05) is 11.1 Å². The second-order valence-corrected chi connectivity index (χ2v) is 10.2. The van der Waals surface area contributed by atoms with Gasteiger partial charge in [0.2, 0.25) is 0 Å². The second kappa shape index (κ2) is 10.1. The van der Waals surface area contributed by atoms with Crippen molar-refractivity contribution in [1.82, 2.24) is 10.1 Å². The Hall–Kier alpha value is -4.39. The number of hydrogen-bond donors (Lipinski definition) is 0. The Bertz CT molecular complexity index is 1490. The molecule has 2 fully saturated rings. The minimum Gasteiger partial charge on any atom is -0.465 e. The fraction of sp³-hybridized carbons (Fsp3) is 0.281. The molecule has 1 aliphatic heterocycles. The number of carbonyl (C=O) groups excluding carboxylic acids is 2. The van der Waals surface area contributed by atoms with Crippen LogP contribution in [-0.2, 0) is 26.2 Å². The summed E-state index contributed by atoms with van der Waals surface area (Å²) in [6, 6.07) is 26.0. The van der Waals surface area contributed by atoms with Gasteiger partial charge in [0.05, 0.1) is 30.3 Å². The third-order valence-corrected chi connectivity index (χ3v) is 7.81. The highest BCUT2D eigenvalue weighted by Crippen LogP contribution is 2.49. The first-order valence-corrected chi connectivity index (χ1v) is 13.3. The van der Waals surface area contributed by atoms with E-state index >= 15 is 0 Å². The van der Waals surface area contributed by atoms with Gasteiger partial charge in [-0.2, -0.15) is 0 Å². The van der Waals surface area contributed by atoms with Gasteiger partial charge in [-0.25, -0.2) is 4.79 Å². The Balaban J connectivity index is 1.22. The molecule has 2 heterocycles. The van der Waals surface area contributed by atoms with Crippen LogP contribution in [0.2, 0.25) is 0 Å². The third kappa shape index (κ3) is 4.58. The molecule has 7 nitrogen and oxygen atoms in total. The first-order valence-electron chi connectivity index (χ1n) is 13.3. The van der Waals surface area contributed by atoms with Crippen LogP contribution in [0.15, 0.2) is 83.4 Å².